The van der Waals surface area contributed by atoms with E-state index in [1.54, 1.807) is 4.68 Å². The summed E-state index contributed by atoms with van der Waals surface area (Å²) >= 11 is 6.36. The number of rotatable bonds is 5. The van der Waals surface area contributed by atoms with Crippen LogP contribution in [0.5, 0.6) is 0 Å². The van der Waals surface area contributed by atoms with Crippen LogP contribution in [-0.2, 0) is 13.6 Å². The zero-order chi connectivity index (χ0) is 17.6. The minimum atomic E-state index is -0.256. The zero-order valence-electron chi connectivity index (χ0n) is 14.3. The molecule has 3 heterocycles. The lowest BCUT2D eigenvalue weighted by Gasteiger charge is -2.21. The molecule has 1 unspecified atom stereocenters. The molecule has 0 aromatic carbocycles. The average Bonchev–Trinajstić information content (AvgIpc) is 2.99. The van der Waals surface area contributed by atoms with E-state index < -0.39 is 0 Å². The summed E-state index contributed by atoms with van der Waals surface area (Å²) in [6, 6.07) is 0.277. The highest BCUT2D eigenvalue weighted by molar-refractivity contribution is 6.30. The molecule has 1 saturated heterocycles. The maximum Gasteiger partial charge on any atom is 0.292 e. The molecule has 1 saturated carbocycles. The van der Waals surface area contributed by atoms with Crippen molar-refractivity contribution in [1.29, 1.82) is 0 Å². The molecule has 1 aliphatic carbocycles. The molecule has 134 valence electrons. The van der Waals surface area contributed by atoms with Gasteiger partial charge < -0.3 is 9.84 Å². The Kier molecular flexibility index (Phi) is 4.24. The van der Waals surface area contributed by atoms with Crippen LogP contribution in [0.15, 0.2) is 4.52 Å². The Labute approximate surface area is 150 Å². The van der Waals surface area contributed by atoms with E-state index in [2.05, 4.69) is 25.5 Å². The van der Waals surface area contributed by atoms with Crippen LogP contribution < -0.4 is 5.32 Å². The smallest absolute Gasteiger partial charge is 0.292 e. The molecule has 2 aromatic heterocycles. The summed E-state index contributed by atoms with van der Waals surface area (Å²) in [5.74, 6) is 0.355. The Morgan fingerprint density at radius 1 is 1.40 bits per heavy atom. The number of nitrogens with zero attached hydrogens (tertiary/aromatic N) is 5. The Hall–Kier alpha value is -1.93. The maximum atomic E-state index is 12.0. The zero-order valence-corrected chi connectivity index (χ0v) is 15.1. The number of amides is 1. The van der Waals surface area contributed by atoms with Gasteiger partial charge in [-0.15, -0.1) is 0 Å². The Morgan fingerprint density at radius 3 is 2.88 bits per heavy atom. The molecule has 9 heteroatoms. The molecule has 1 amide bonds. The predicted molar refractivity (Wildman–Crippen MR) is 90.1 cm³/mol. The first-order valence-corrected chi connectivity index (χ1v) is 8.97. The van der Waals surface area contributed by atoms with Gasteiger partial charge in [-0.05, 0) is 39.2 Å². The van der Waals surface area contributed by atoms with Gasteiger partial charge in [-0.3, -0.25) is 14.4 Å². The molecule has 2 fully saturated rings. The number of hydrogen-bond donors (Lipinski definition) is 1. The van der Waals surface area contributed by atoms with Crippen molar-refractivity contribution >= 4 is 17.5 Å². The van der Waals surface area contributed by atoms with Crippen molar-refractivity contribution in [2.24, 2.45) is 7.05 Å². The topological polar surface area (TPSA) is 89.1 Å². The van der Waals surface area contributed by atoms with Crippen molar-refractivity contribution in [1.82, 2.24) is 30.1 Å². The number of likely N-dealkylation sites (tertiary alicyclic amines) is 1. The number of carbonyl (C=O) groups excluding carboxylic acids is 1. The lowest BCUT2D eigenvalue weighted by atomic mass is 10.2. The molecule has 0 bridgehead atoms. The summed E-state index contributed by atoms with van der Waals surface area (Å²) in [4.78, 5) is 18.6. The highest BCUT2D eigenvalue weighted by Gasteiger charge is 2.33. The summed E-state index contributed by atoms with van der Waals surface area (Å²) < 4.78 is 7.07. The van der Waals surface area contributed by atoms with Crippen molar-refractivity contribution in [3.05, 3.63) is 28.1 Å². The van der Waals surface area contributed by atoms with Crippen LogP contribution in [0.4, 0.5) is 0 Å². The average molecular weight is 365 g/mol. The van der Waals surface area contributed by atoms with E-state index in [0.29, 0.717) is 17.6 Å². The predicted octanol–water partition coefficient (Wildman–Crippen LogP) is 1.99. The van der Waals surface area contributed by atoms with Crippen molar-refractivity contribution < 1.29 is 9.32 Å². The minimum absolute atomic E-state index is 0.00523. The quantitative estimate of drug-likeness (QED) is 0.872. The van der Waals surface area contributed by atoms with Crippen LogP contribution in [-0.4, -0.2) is 43.3 Å². The van der Waals surface area contributed by atoms with Gasteiger partial charge >= 0.3 is 0 Å². The third kappa shape index (κ3) is 3.28. The molecule has 1 aliphatic heterocycles. The fourth-order valence-electron chi connectivity index (χ4n) is 3.29. The Balaban J connectivity index is 1.49. The monoisotopic (exact) mass is 364 g/mol. The number of aromatic nitrogens is 4. The second kappa shape index (κ2) is 6.42. The number of carbonyl (C=O) groups is 1. The van der Waals surface area contributed by atoms with E-state index in [4.69, 9.17) is 16.1 Å². The normalized spacial score (nSPS) is 21.0. The van der Waals surface area contributed by atoms with Gasteiger partial charge in [0.25, 0.3) is 11.7 Å². The summed E-state index contributed by atoms with van der Waals surface area (Å²) in [7, 11) is 1.84. The number of aryl methyl sites for hydroxylation is 2. The van der Waals surface area contributed by atoms with E-state index in [-0.39, 0.29) is 23.8 Å². The standard InChI is InChI=1S/C16H21ClN6O2/c1-9-11(13(17)22(2)20-9)8-23-7-3-4-12(23)16-19-14(21-25-16)15(24)18-10-5-6-10/h10,12H,3-8H2,1-2H3,(H,18,24). The van der Waals surface area contributed by atoms with Crippen molar-refractivity contribution in [2.75, 3.05) is 6.54 Å². The molecule has 2 aliphatic rings. The number of hydrogen-bond acceptors (Lipinski definition) is 6. The van der Waals surface area contributed by atoms with E-state index in [9.17, 15) is 4.79 Å². The van der Waals surface area contributed by atoms with Gasteiger partial charge in [-0.25, -0.2) is 0 Å². The lowest BCUT2D eigenvalue weighted by Crippen LogP contribution is -2.27. The Morgan fingerprint density at radius 2 is 2.20 bits per heavy atom. The van der Waals surface area contributed by atoms with Gasteiger partial charge in [-0.1, -0.05) is 16.8 Å². The fraction of sp³-hybridized carbons (Fsp3) is 0.625. The first-order chi connectivity index (χ1) is 12.0. The van der Waals surface area contributed by atoms with Crippen molar-refractivity contribution in [3.63, 3.8) is 0 Å². The molecule has 1 atom stereocenters. The lowest BCUT2D eigenvalue weighted by molar-refractivity contribution is 0.0937. The molecule has 0 spiro atoms. The van der Waals surface area contributed by atoms with E-state index in [0.717, 1.165) is 43.5 Å². The number of halogens is 1. The van der Waals surface area contributed by atoms with Crippen LogP contribution in [0.3, 0.4) is 0 Å². The molecular formula is C16H21ClN6O2. The third-order valence-electron chi connectivity index (χ3n) is 4.84. The van der Waals surface area contributed by atoms with Crippen LogP contribution >= 0.6 is 11.6 Å². The van der Waals surface area contributed by atoms with E-state index in [1.165, 1.54) is 0 Å². The largest absolute Gasteiger partial charge is 0.346 e. The highest BCUT2D eigenvalue weighted by Crippen LogP contribution is 2.34. The summed E-state index contributed by atoms with van der Waals surface area (Å²) in [5, 5.41) is 11.7. The highest BCUT2D eigenvalue weighted by atomic mass is 35.5. The van der Waals surface area contributed by atoms with Gasteiger partial charge in [0.1, 0.15) is 5.15 Å². The van der Waals surface area contributed by atoms with Crippen LogP contribution in [0, 0.1) is 6.92 Å². The minimum Gasteiger partial charge on any atom is -0.346 e. The van der Waals surface area contributed by atoms with Gasteiger partial charge in [0.05, 0.1) is 11.7 Å². The molecule has 8 nitrogen and oxygen atoms in total. The molecule has 4 rings (SSSR count). The van der Waals surface area contributed by atoms with Crippen LogP contribution in [0.2, 0.25) is 5.15 Å². The SMILES string of the molecule is Cc1nn(C)c(Cl)c1CN1CCCC1c1nc(C(=O)NC2CC2)no1. The van der Waals surface area contributed by atoms with Crippen LogP contribution in [0.25, 0.3) is 0 Å². The molecule has 25 heavy (non-hydrogen) atoms. The second-order valence-corrected chi connectivity index (χ2v) is 7.17. The van der Waals surface area contributed by atoms with Crippen molar-refractivity contribution in [2.45, 2.75) is 51.2 Å². The van der Waals surface area contributed by atoms with Gasteiger partial charge in [0.15, 0.2) is 0 Å². The molecule has 0 radical (unpaired) electrons. The van der Waals surface area contributed by atoms with E-state index >= 15 is 0 Å². The summed E-state index contributed by atoms with van der Waals surface area (Å²) in [6.45, 7) is 3.55. The number of nitrogens with one attached hydrogen (secondary N) is 1. The summed E-state index contributed by atoms with van der Waals surface area (Å²) in [5.41, 5.74) is 1.94. The van der Waals surface area contributed by atoms with E-state index in [1.807, 2.05) is 14.0 Å². The van der Waals surface area contributed by atoms with Gasteiger partial charge in [0.2, 0.25) is 5.89 Å². The molecule has 2 aromatic rings. The maximum absolute atomic E-state index is 12.0. The first-order valence-electron chi connectivity index (χ1n) is 8.59. The molecule has 1 N–H and O–H groups in total. The fourth-order valence-corrected chi connectivity index (χ4v) is 3.53. The third-order valence-corrected chi connectivity index (χ3v) is 5.31. The van der Waals surface area contributed by atoms with Gasteiger partial charge in [-0.2, -0.15) is 10.1 Å². The Bertz CT molecular complexity index is 797. The van der Waals surface area contributed by atoms with Crippen LogP contribution in [0.1, 0.15) is 59.5 Å². The first kappa shape index (κ1) is 16.5. The van der Waals surface area contributed by atoms with Gasteiger partial charge in [0, 0.05) is 25.2 Å². The second-order valence-electron chi connectivity index (χ2n) is 6.81. The van der Waals surface area contributed by atoms with Crippen molar-refractivity contribution in [3.8, 4) is 0 Å². The summed E-state index contributed by atoms with van der Waals surface area (Å²) in [6.07, 6.45) is 4.01. The molecular weight excluding hydrogens is 344 g/mol.